The van der Waals surface area contributed by atoms with Crippen LogP contribution in [0.1, 0.15) is 12.5 Å². The van der Waals surface area contributed by atoms with Gasteiger partial charge in [-0.05, 0) is 36.8 Å². The summed E-state index contributed by atoms with van der Waals surface area (Å²) in [7, 11) is 0. The normalized spacial score (nSPS) is 10.3. The highest BCUT2D eigenvalue weighted by atomic mass is 32.1. The van der Waals surface area contributed by atoms with Crippen molar-refractivity contribution >= 4 is 34.9 Å². The van der Waals surface area contributed by atoms with Crippen LogP contribution in [0.25, 0.3) is 0 Å². The van der Waals surface area contributed by atoms with Gasteiger partial charge >= 0.3 is 5.97 Å². The van der Waals surface area contributed by atoms with Crippen molar-refractivity contribution in [2.75, 3.05) is 11.9 Å². The topological polar surface area (TPSA) is 76.7 Å². The lowest BCUT2D eigenvalue weighted by Crippen LogP contribution is -2.33. The van der Waals surface area contributed by atoms with E-state index in [0.717, 1.165) is 17.7 Å². The SMILES string of the molecule is CCOC(=O)/C=C/C(=O)NC(=S)Nc1ccccc1OCc1ccccc1. The lowest BCUT2D eigenvalue weighted by Gasteiger charge is -2.14. The zero-order chi connectivity index (χ0) is 19.5. The molecule has 0 spiro atoms. The first-order chi connectivity index (χ1) is 13.1. The highest BCUT2D eigenvalue weighted by Crippen LogP contribution is 2.24. The number of hydrogen-bond donors (Lipinski definition) is 2. The zero-order valence-electron chi connectivity index (χ0n) is 14.8. The van der Waals surface area contributed by atoms with Gasteiger partial charge in [-0.3, -0.25) is 10.1 Å². The molecule has 0 saturated heterocycles. The van der Waals surface area contributed by atoms with Crippen molar-refractivity contribution in [3.8, 4) is 5.75 Å². The van der Waals surface area contributed by atoms with Gasteiger partial charge in [0.05, 0.1) is 12.3 Å². The van der Waals surface area contributed by atoms with Crippen molar-refractivity contribution in [2.45, 2.75) is 13.5 Å². The number of rotatable bonds is 7. The summed E-state index contributed by atoms with van der Waals surface area (Å²) in [5.41, 5.74) is 1.65. The average molecular weight is 384 g/mol. The van der Waals surface area contributed by atoms with Gasteiger partial charge in [-0.25, -0.2) is 4.79 Å². The number of esters is 1. The van der Waals surface area contributed by atoms with Crippen molar-refractivity contribution < 1.29 is 19.1 Å². The Labute approximate surface area is 163 Å². The Bertz CT molecular complexity index is 822. The van der Waals surface area contributed by atoms with Crippen molar-refractivity contribution in [1.29, 1.82) is 0 Å². The Balaban J connectivity index is 1.91. The van der Waals surface area contributed by atoms with Crippen LogP contribution in [0, 0.1) is 0 Å². The zero-order valence-corrected chi connectivity index (χ0v) is 15.6. The molecule has 0 unspecified atom stereocenters. The van der Waals surface area contributed by atoms with Crippen LogP contribution in [-0.2, 0) is 20.9 Å². The number of carbonyl (C=O) groups excluding carboxylic acids is 2. The van der Waals surface area contributed by atoms with Crippen LogP contribution < -0.4 is 15.4 Å². The summed E-state index contributed by atoms with van der Waals surface area (Å²) >= 11 is 5.13. The van der Waals surface area contributed by atoms with Gasteiger partial charge in [-0.15, -0.1) is 0 Å². The fourth-order valence-corrected chi connectivity index (χ4v) is 2.28. The molecule has 0 aliphatic carbocycles. The van der Waals surface area contributed by atoms with Gasteiger partial charge in [0.15, 0.2) is 5.11 Å². The Kier molecular flexibility index (Phi) is 7.99. The van der Waals surface area contributed by atoms with Crippen molar-refractivity contribution in [2.24, 2.45) is 0 Å². The molecule has 2 aromatic carbocycles. The number of amides is 1. The third kappa shape index (κ3) is 7.29. The second-order valence-corrected chi connectivity index (χ2v) is 5.71. The molecular formula is C20H20N2O4S. The smallest absolute Gasteiger partial charge is 0.330 e. The number of anilines is 1. The summed E-state index contributed by atoms with van der Waals surface area (Å²) in [5, 5.41) is 5.46. The maximum absolute atomic E-state index is 11.8. The second-order valence-electron chi connectivity index (χ2n) is 5.30. The number of nitrogens with one attached hydrogen (secondary N) is 2. The van der Waals surface area contributed by atoms with E-state index < -0.39 is 11.9 Å². The van der Waals surface area contributed by atoms with E-state index >= 15 is 0 Å². The van der Waals surface area contributed by atoms with Gasteiger partial charge in [0.1, 0.15) is 12.4 Å². The lowest BCUT2D eigenvalue weighted by molar-refractivity contribution is -0.137. The Hall–Kier alpha value is -3.19. The van der Waals surface area contributed by atoms with Crippen LogP contribution in [0.5, 0.6) is 5.75 Å². The molecule has 0 aliphatic rings. The maximum atomic E-state index is 11.8. The molecule has 0 fully saturated rings. The van der Waals surface area contributed by atoms with E-state index in [4.69, 9.17) is 21.7 Å². The fourth-order valence-electron chi connectivity index (χ4n) is 2.07. The predicted molar refractivity (Wildman–Crippen MR) is 107 cm³/mol. The van der Waals surface area contributed by atoms with Crippen molar-refractivity contribution in [3.05, 3.63) is 72.3 Å². The first-order valence-corrected chi connectivity index (χ1v) is 8.72. The van der Waals surface area contributed by atoms with Gasteiger partial charge in [-0.1, -0.05) is 42.5 Å². The summed E-state index contributed by atoms with van der Waals surface area (Å²) in [4.78, 5) is 23.0. The fraction of sp³-hybridized carbons (Fsp3) is 0.150. The highest BCUT2D eigenvalue weighted by Gasteiger charge is 2.07. The summed E-state index contributed by atoms with van der Waals surface area (Å²) in [6.07, 6.45) is 2.10. The number of thiocarbonyl (C=S) groups is 1. The van der Waals surface area contributed by atoms with Crippen LogP contribution in [0.3, 0.4) is 0 Å². The number of ether oxygens (including phenoxy) is 2. The molecule has 2 aromatic rings. The standard InChI is InChI=1S/C20H20N2O4S/c1-2-25-19(24)13-12-18(23)22-20(27)21-16-10-6-7-11-17(16)26-14-15-8-4-3-5-9-15/h3-13H,2,14H2,1H3,(H2,21,22,23,27)/b13-12+. The van der Waals surface area contributed by atoms with Crippen LogP contribution in [0.4, 0.5) is 5.69 Å². The molecule has 2 rings (SSSR count). The van der Waals surface area contributed by atoms with Gasteiger partial charge < -0.3 is 14.8 Å². The number of hydrogen-bond acceptors (Lipinski definition) is 5. The van der Waals surface area contributed by atoms with Gasteiger partial charge in [-0.2, -0.15) is 0 Å². The predicted octanol–water partition coefficient (Wildman–Crippen LogP) is 3.20. The molecule has 2 N–H and O–H groups in total. The molecule has 27 heavy (non-hydrogen) atoms. The molecular weight excluding hydrogens is 364 g/mol. The van der Waals surface area contributed by atoms with Crippen molar-refractivity contribution in [3.63, 3.8) is 0 Å². The van der Waals surface area contributed by atoms with Crippen LogP contribution >= 0.6 is 12.2 Å². The number of para-hydroxylation sites is 2. The van der Waals surface area contributed by atoms with Crippen LogP contribution in [0.2, 0.25) is 0 Å². The Morgan fingerprint density at radius 3 is 2.48 bits per heavy atom. The molecule has 1 amide bonds. The van der Waals surface area contributed by atoms with E-state index in [1.807, 2.05) is 42.5 Å². The molecule has 6 nitrogen and oxygen atoms in total. The van der Waals surface area contributed by atoms with Gasteiger partial charge in [0, 0.05) is 12.2 Å². The third-order valence-corrected chi connectivity index (χ3v) is 3.47. The molecule has 0 radical (unpaired) electrons. The highest BCUT2D eigenvalue weighted by molar-refractivity contribution is 7.80. The lowest BCUT2D eigenvalue weighted by atomic mass is 10.2. The van der Waals surface area contributed by atoms with Crippen LogP contribution in [0.15, 0.2) is 66.7 Å². The molecule has 0 heterocycles. The molecule has 7 heteroatoms. The van der Waals surface area contributed by atoms with E-state index in [0.29, 0.717) is 18.0 Å². The quantitative estimate of drug-likeness (QED) is 0.434. The monoisotopic (exact) mass is 384 g/mol. The molecule has 0 saturated carbocycles. The minimum atomic E-state index is -0.591. The second kappa shape index (κ2) is 10.7. The first-order valence-electron chi connectivity index (χ1n) is 8.31. The molecule has 0 atom stereocenters. The summed E-state index contributed by atoms with van der Waals surface area (Å²) in [5.74, 6) is -0.533. The average Bonchev–Trinajstić information content (AvgIpc) is 2.67. The van der Waals surface area contributed by atoms with E-state index in [1.54, 1.807) is 19.1 Å². The third-order valence-electron chi connectivity index (χ3n) is 3.27. The maximum Gasteiger partial charge on any atom is 0.330 e. The van der Waals surface area contributed by atoms with Crippen molar-refractivity contribution in [1.82, 2.24) is 5.32 Å². The van der Waals surface area contributed by atoms with Gasteiger partial charge in [0.2, 0.25) is 5.91 Å². The molecule has 0 bridgehead atoms. The van der Waals surface area contributed by atoms with E-state index in [-0.39, 0.29) is 11.7 Å². The Morgan fingerprint density at radius 1 is 1.04 bits per heavy atom. The minimum absolute atomic E-state index is 0.0873. The molecule has 0 aromatic heterocycles. The number of carbonyl (C=O) groups is 2. The van der Waals surface area contributed by atoms with E-state index in [9.17, 15) is 9.59 Å². The summed E-state index contributed by atoms with van der Waals surface area (Å²) < 4.78 is 10.5. The van der Waals surface area contributed by atoms with E-state index in [1.165, 1.54) is 0 Å². The van der Waals surface area contributed by atoms with E-state index in [2.05, 4.69) is 10.6 Å². The first kappa shape index (κ1) is 20.1. The molecule has 140 valence electrons. The van der Waals surface area contributed by atoms with Crippen LogP contribution in [-0.4, -0.2) is 23.6 Å². The Morgan fingerprint density at radius 2 is 1.74 bits per heavy atom. The minimum Gasteiger partial charge on any atom is -0.487 e. The van der Waals surface area contributed by atoms with Gasteiger partial charge in [0.25, 0.3) is 0 Å². The number of benzene rings is 2. The summed E-state index contributed by atoms with van der Waals surface area (Å²) in [6.45, 7) is 2.33. The molecule has 0 aliphatic heterocycles. The summed E-state index contributed by atoms with van der Waals surface area (Å²) in [6, 6.07) is 17.0. The largest absolute Gasteiger partial charge is 0.487 e.